The van der Waals surface area contributed by atoms with Gasteiger partial charge in [0.05, 0.1) is 24.3 Å². The Hall–Kier alpha value is -2.37. The third-order valence-corrected chi connectivity index (χ3v) is 3.05. The molecule has 0 spiro atoms. The fourth-order valence-electron chi connectivity index (χ4n) is 1.88. The minimum absolute atomic E-state index is 0.0259. The number of hydrogen-bond donors (Lipinski definition) is 1. The predicted molar refractivity (Wildman–Crippen MR) is 73.5 cm³/mol. The van der Waals surface area contributed by atoms with Crippen LogP contribution in [0.4, 0.5) is 32.3 Å². The minimum Gasteiger partial charge on any atom is -0.383 e. The van der Waals surface area contributed by atoms with Crippen LogP contribution in [0.5, 0.6) is 0 Å². The van der Waals surface area contributed by atoms with Crippen molar-refractivity contribution in [3.8, 4) is 0 Å². The van der Waals surface area contributed by atoms with Crippen molar-refractivity contribution in [1.29, 1.82) is 0 Å². The molecule has 2 rings (SSSR count). The first kappa shape index (κ1) is 19.0. The first-order chi connectivity index (χ1) is 11.6. The molecule has 0 unspecified atom stereocenters. The lowest BCUT2D eigenvalue weighted by Crippen LogP contribution is -2.13. The van der Waals surface area contributed by atoms with Gasteiger partial charge in [0.2, 0.25) is 0 Å². The van der Waals surface area contributed by atoms with Crippen molar-refractivity contribution in [2.75, 3.05) is 19.0 Å². The monoisotopic (exact) mass is 369 g/mol. The topological polar surface area (TPSA) is 64.9 Å². The first-order valence-electron chi connectivity index (χ1n) is 6.88. The van der Waals surface area contributed by atoms with Crippen molar-refractivity contribution in [2.45, 2.75) is 25.4 Å². The molecule has 138 valence electrons. The summed E-state index contributed by atoms with van der Waals surface area (Å²) in [5.41, 5.74) is -2.97. The maximum Gasteiger partial charge on any atom is 0.416 e. The highest BCUT2D eigenvalue weighted by Gasteiger charge is 2.36. The van der Waals surface area contributed by atoms with Gasteiger partial charge in [0.1, 0.15) is 0 Å². The molecule has 0 saturated carbocycles. The highest BCUT2D eigenvalue weighted by Crippen LogP contribution is 2.36. The minimum atomic E-state index is -4.89. The van der Waals surface area contributed by atoms with Crippen LogP contribution in [0.15, 0.2) is 18.2 Å². The number of rotatable bonds is 6. The van der Waals surface area contributed by atoms with Gasteiger partial charge in [0.15, 0.2) is 0 Å². The van der Waals surface area contributed by atoms with Crippen molar-refractivity contribution in [3.05, 3.63) is 34.9 Å². The number of tetrazole rings is 1. The Labute approximate surface area is 137 Å². The van der Waals surface area contributed by atoms with Crippen molar-refractivity contribution in [1.82, 2.24) is 20.2 Å². The lowest BCUT2D eigenvalue weighted by Gasteiger charge is -2.14. The zero-order valence-corrected chi connectivity index (χ0v) is 12.8. The zero-order chi connectivity index (χ0) is 18.7. The van der Waals surface area contributed by atoms with E-state index < -0.39 is 23.5 Å². The largest absolute Gasteiger partial charge is 0.416 e. The van der Waals surface area contributed by atoms with Crippen LogP contribution in [-0.2, 0) is 30.2 Å². The van der Waals surface area contributed by atoms with Crippen molar-refractivity contribution < 1.29 is 31.1 Å². The van der Waals surface area contributed by atoms with E-state index in [2.05, 4.69) is 20.7 Å². The molecule has 0 saturated heterocycles. The van der Waals surface area contributed by atoms with Crippen LogP contribution in [-0.4, -0.2) is 33.9 Å². The molecule has 0 aliphatic heterocycles. The Morgan fingerprint density at radius 3 is 2.16 bits per heavy atom. The lowest BCUT2D eigenvalue weighted by molar-refractivity contribution is -0.143. The maximum atomic E-state index is 12.8. The lowest BCUT2D eigenvalue weighted by atomic mass is 10.0. The van der Waals surface area contributed by atoms with Crippen molar-refractivity contribution in [3.63, 3.8) is 0 Å². The number of benzene rings is 1. The van der Waals surface area contributed by atoms with Gasteiger partial charge in [-0.05, 0) is 29.0 Å². The smallest absolute Gasteiger partial charge is 0.383 e. The molecule has 0 bridgehead atoms. The summed E-state index contributed by atoms with van der Waals surface area (Å²) in [5.74, 6) is -0.0259. The zero-order valence-electron chi connectivity index (χ0n) is 12.8. The summed E-state index contributed by atoms with van der Waals surface area (Å²) < 4.78 is 81.5. The van der Waals surface area contributed by atoms with E-state index in [9.17, 15) is 26.3 Å². The van der Waals surface area contributed by atoms with E-state index in [0.717, 1.165) is 0 Å². The number of nitrogens with zero attached hydrogens (tertiary/aromatic N) is 4. The van der Waals surface area contributed by atoms with E-state index in [1.807, 2.05) is 0 Å². The second-order valence-electron chi connectivity index (χ2n) is 4.97. The summed E-state index contributed by atoms with van der Waals surface area (Å²) in [6.45, 7) is 0.286. The number of methoxy groups -OCH3 is 1. The molecular weight excluding hydrogens is 356 g/mol. The van der Waals surface area contributed by atoms with Crippen molar-refractivity contribution >= 4 is 5.95 Å². The molecule has 0 aliphatic rings. The molecule has 1 N–H and O–H groups in total. The second kappa shape index (κ2) is 7.25. The summed E-state index contributed by atoms with van der Waals surface area (Å²) in [5, 5.41) is 13.6. The Bertz CT molecular complexity index is 679. The average Bonchev–Trinajstić information content (AvgIpc) is 2.97. The Balaban J connectivity index is 2.16. The second-order valence-corrected chi connectivity index (χ2v) is 4.97. The number of anilines is 1. The van der Waals surface area contributed by atoms with E-state index in [-0.39, 0.29) is 24.1 Å². The number of ether oxygens (including phenoxy) is 1. The Morgan fingerprint density at radius 1 is 1.04 bits per heavy atom. The quantitative estimate of drug-likeness (QED) is 0.794. The third kappa shape index (κ3) is 5.31. The number of nitrogens with one attached hydrogen (secondary N) is 1. The van der Waals surface area contributed by atoms with Crippen LogP contribution >= 0.6 is 0 Å². The summed E-state index contributed by atoms with van der Waals surface area (Å²) in [6, 6.07) is 1.35. The van der Waals surface area contributed by atoms with Crippen LogP contribution in [0.3, 0.4) is 0 Å². The van der Waals surface area contributed by atoms with E-state index in [1.54, 1.807) is 0 Å². The van der Waals surface area contributed by atoms with Gasteiger partial charge in [-0.15, -0.1) is 5.10 Å². The fourth-order valence-corrected chi connectivity index (χ4v) is 1.88. The molecule has 1 aromatic carbocycles. The van der Waals surface area contributed by atoms with Gasteiger partial charge in [0, 0.05) is 13.7 Å². The SMILES string of the molecule is COCCn1nnc(NCc2cc(C(F)(F)F)cc(C(F)(F)F)c2)n1. The highest BCUT2D eigenvalue weighted by atomic mass is 19.4. The normalized spacial score (nSPS) is 12.4. The molecule has 1 aromatic heterocycles. The molecule has 0 fully saturated rings. The van der Waals surface area contributed by atoms with Gasteiger partial charge in [-0.1, -0.05) is 5.10 Å². The van der Waals surface area contributed by atoms with Crippen molar-refractivity contribution in [2.24, 2.45) is 0 Å². The van der Waals surface area contributed by atoms with Crippen LogP contribution in [0.25, 0.3) is 0 Å². The van der Waals surface area contributed by atoms with Gasteiger partial charge in [-0.3, -0.25) is 0 Å². The molecule has 0 radical (unpaired) electrons. The average molecular weight is 369 g/mol. The Kier molecular flexibility index (Phi) is 5.50. The summed E-state index contributed by atoms with van der Waals surface area (Å²) in [6.07, 6.45) is -9.78. The molecule has 25 heavy (non-hydrogen) atoms. The van der Waals surface area contributed by atoms with Crippen LogP contribution < -0.4 is 5.32 Å². The summed E-state index contributed by atoms with van der Waals surface area (Å²) in [4.78, 5) is 1.18. The van der Waals surface area contributed by atoms with E-state index in [1.165, 1.54) is 11.9 Å². The Morgan fingerprint density at radius 2 is 1.64 bits per heavy atom. The molecular formula is C13H13F6N5O. The number of hydrogen-bond acceptors (Lipinski definition) is 5. The number of halogens is 6. The standard InChI is InChI=1S/C13H13F6N5O/c1-25-3-2-24-22-11(21-23-24)20-7-8-4-9(12(14,15)16)6-10(5-8)13(17,18)19/h4-6H,2-3,7H2,1H3,(H,20,22). The molecule has 0 atom stereocenters. The number of alkyl halides is 6. The van der Waals surface area contributed by atoms with Gasteiger partial charge in [0.25, 0.3) is 5.95 Å². The van der Waals surface area contributed by atoms with E-state index in [0.29, 0.717) is 25.3 Å². The first-order valence-corrected chi connectivity index (χ1v) is 6.88. The molecule has 1 heterocycles. The third-order valence-electron chi connectivity index (χ3n) is 3.05. The van der Waals surface area contributed by atoms with Crippen LogP contribution in [0, 0.1) is 0 Å². The summed E-state index contributed by atoms with van der Waals surface area (Å²) in [7, 11) is 1.47. The van der Waals surface area contributed by atoms with Gasteiger partial charge < -0.3 is 10.1 Å². The molecule has 2 aromatic rings. The van der Waals surface area contributed by atoms with Gasteiger partial charge >= 0.3 is 12.4 Å². The molecule has 0 aliphatic carbocycles. The highest BCUT2D eigenvalue weighted by molar-refractivity contribution is 5.35. The van der Waals surface area contributed by atoms with Gasteiger partial charge in [-0.2, -0.15) is 31.1 Å². The molecule has 6 nitrogen and oxygen atoms in total. The maximum absolute atomic E-state index is 12.8. The number of aromatic nitrogens is 4. The van der Waals surface area contributed by atoms with Crippen LogP contribution in [0.1, 0.15) is 16.7 Å². The summed E-state index contributed by atoms with van der Waals surface area (Å²) >= 11 is 0. The van der Waals surface area contributed by atoms with E-state index >= 15 is 0 Å². The van der Waals surface area contributed by atoms with Crippen LogP contribution in [0.2, 0.25) is 0 Å². The molecule has 0 amide bonds. The van der Waals surface area contributed by atoms with Gasteiger partial charge in [-0.25, -0.2) is 0 Å². The van der Waals surface area contributed by atoms with E-state index in [4.69, 9.17) is 4.74 Å². The molecule has 12 heteroatoms. The predicted octanol–water partition coefficient (Wildman–Crippen LogP) is 2.97. The fraction of sp³-hybridized carbons (Fsp3) is 0.462.